The molecule has 132 valence electrons. The first-order valence-electron chi connectivity index (χ1n) is 8.73. The molecule has 0 spiro atoms. The summed E-state index contributed by atoms with van der Waals surface area (Å²) in [5.74, 6) is -0.223. The second-order valence-corrected chi connectivity index (χ2v) is 6.96. The van der Waals surface area contributed by atoms with Crippen LogP contribution < -0.4 is 4.80 Å². The van der Waals surface area contributed by atoms with Crippen molar-refractivity contribution in [3.05, 3.63) is 112 Å². The van der Waals surface area contributed by atoms with Crippen molar-refractivity contribution in [2.24, 2.45) is 4.99 Å². The second-order valence-electron chi connectivity index (χ2n) is 6.12. The molecule has 1 aromatic heterocycles. The third-order valence-corrected chi connectivity index (χ3v) is 5.13. The van der Waals surface area contributed by atoms with Crippen LogP contribution in [0.15, 0.2) is 101 Å². The van der Waals surface area contributed by atoms with Gasteiger partial charge in [-0.15, -0.1) is 11.3 Å². The predicted molar refractivity (Wildman–Crippen MR) is 110 cm³/mol. The van der Waals surface area contributed by atoms with E-state index in [9.17, 15) is 4.79 Å². The van der Waals surface area contributed by atoms with Crippen molar-refractivity contribution in [3.63, 3.8) is 0 Å². The van der Waals surface area contributed by atoms with Gasteiger partial charge in [-0.2, -0.15) is 4.99 Å². The predicted octanol–water partition coefficient (Wildman–Crippen LogP) is 5.01. The Morgan fingerprint density at radius 1 is 0.815 bits per heavy atom. The Labute approximate surface area is 161 Å². The molecule has 4 rings (SSSR count). The van der Waals surface area contributed by atoms with Gasteiger partial charge in [0, 0.05) is 10.9 Å². The van der Waals surface area contributed by atoms with E-state index in [1.165, 1.54) is 16.9 Å². The third kappa shape index (κ3) is 3.96. The summed E-state index contributed by atoms with van der Waals surface area (Å²) in [4.78, 5) is 17.7. The lowest BCUT2D eigenvalue weighted by atomic mass is 10.1. The number of amides is 1. The van der Waals surface area contributed by atoms with Gasteiger partial charge in [0.05, 0.1) is 12.2 Å². The molecule has 0 fully saturated rings. The van der Waals surface area contributed by atoms with E-state index in [0.29, 0.717) is 16.9 Å². The highest BCUT2D eigenvalue weighted by molar-refractivity contribution is 7.07. The number of carbonyl (C=O) groups excluding carboxylic acids is 1. The van der Waals surface area contributed by atoms with Crippen LogP contribution in [0.25, 0.3) is 11.3 Å². The summed E-state index contributed by atoms with van der Waals surface area (Å²) in [6.07, 6.45) is 0. The van der Waals surface area contributed by atoms with Crippen molar-refractivity contribution in [2.45, 2.75) is 6.54 Å². The standard InChI is InChI=1S/C23H18N2OS/c26-22(20-14-8-3-9-15-20)24-23-25(16-18-10-4-1-5-11-18)21(17-27-23)19-12-6-2-7-13-19/h1-15,17H,16H2. The molecule has 0 aliphatic carbocycles. The fourth-order valence-corrected chi connectivity index (χ4v) is 3.82. The molecule has 0 aliphatic heterocycles. The smallest absolute Gasteiger partial charge is 0.279 e. The first-order chi connectivity index (χ1) is 13.3. The first-order valence-corrected chi connectivity index (χ1v) is 9.61. The number of aromatic nitrogens is 1. The van der Waals surface area contributed by atoms with Crippen LogP contribution in [-0.2, 0) is 6.54 Å². The van der Waals surface area contributed by atoms with Gasteiger partial charge in [0.2, 0.25) is 0 Å². The fourth-order valence-electron chi connectivity index (χ4n) is 2.91. The van der Waals surface area contributed by atoms with Crippen molar-refractivity contribution in [1.82, 2.24) is 4.57 Å². The summed E-state index contributed by atoms with van der Waals surface area (Å²) in [5, 5.41) is 2.06. The highest BCUT2D eigenvalue weighted by Crippen LogP contribution is 2.21. The van der Waals surface area contributed by atoms with E-state index in [2.05, 4.69) is 39.2 Å². The minimum atomic E-state index is -0.223. The minimum Gasteiger partial charge on any atom is -0.312 e. The number of carbonyl (C=O) groups is 1. The van der Waals surface area contributed by atoms with E-state index in [0.717, 1.165) is 11.3 Å². The highest BCUT2D eigenvalue weighted by atomic mass is 32.1. The van der Waals surface area contributed by atoms with Gasteiger partial charge in [0.25, 0.3) is 5.91 Å². The Morgan fingerprint density at radius 3 is 2.07 bits per heavy atom. The van der Waals surface area contributed by atoms with Crippen LogP contribution in [-0.4, -0.2) is 10.5 Å². The van der Waals surface area contributed by atoms with Gasteiger partial charge in [-0.25, -0.2) is 0 Å². The average molecular weight is 370 g/mol. The van der Waals surface area contributed by atoms with Crippen LogP contribution in [0.5, 0.6) is 0 Å². The van der Waals surface area contributed by atoms with Crippen molar-refractivity contribution in [1.29, 1.82) is 0 Å². The Balaban J connectivity index is 1.81. The van der Waals surface area contributed by atoms with Crippen LogP contribution in [0, 0.1) is 0 Å². The number of nitrogens with zero attached hydrogens (tertiary/aromatic N) is 2. The molecule has 0 unspecified atom stereocenters. The molecule has 0 aliphatic rings. The zero-order chi connectivity index (χ0) is 18.5. The lowest BCUT2D eigenvalue weighted by Crippen LogP contribution is -2.19. The maximum atomic E-state index is 12.6. The van der Waals surface area contributed by atoms with Gasteiger partial charge < -0.3 is 4.57 Å². The number of benzene rings is 3. The number of thiazole rings is 1. The molecule has 1 heterocycles. The summed E-state index contributed by atoms with van der Waals surface area (Å²) >= 11 is 1.49. The summed E-state index contributed by atoms with van der Waals surface area (Å²) in [5.41, 5.74) is 3.93. The highest BCUT2D eigenvalue weighted by Gasteiger charge is 2.10. The molecule has 27 heavy (non-hydrogen) atoms. The monoisotopic (exact) mass is 370 g/mol. The van der Waals surface area contributed by atoms with Crippen molar-refractivity contribution in [3.8, 4) is 11.3 Å². The van der Waals surface area contributed by atoms with E-state index in [1.54, 1.807) is 12.1 Å². The van der Waals surface area contributed by atoms with Crippen molar-refractivity contribution in [2.75, 3.05) is 0 Å². The Morgan fingerprint density at radius 2 is 1.41 bits per heavy atom. The Kier molecular flexibility index (Phi) is 5.08. The topological polar surface area (TPSA) is 34.4 Å². The molecule has 3 nitrogen and oxygen atoms in total. The molecule has 0 atom stereocenters. The fraction of sp³-hybridized carbons (Fsp3) is 0.0435. The SMILES string of the molecule is O=C(N=c1scc(-c2ccccc2)n1Cc1ccccc1)c1ccccc1. The normalized spacial score (nSPS) is 11.5. The van der Waals surface area contributed by atoms with E-state index in [1.807, 2.05) is 54.6 Å². The van der Waals surface area contributed by atoms with E-state index < -0.39 is 0 Å². The molecule has 4 heteroatoms. The molecule has 4 aromatic rings. The molecular formula is C23H18N2OS. The van der Waals surface area contributed by atoms with Gasteiger partial charge in [-0.05, 0) is 23.3 Å². The Hall–Kier alpha value is -3.24. The summed E-state index contributed by atoms with van der Waals surface area (Å²) in [7, 11) is 0. The quantitative estimate of drug-likeness (QED) is 0.497. The third-order valence-electron chi connectivity index (χ3n) is 4.27. The van der Waals surface area contributed by atoms with Gasteiger partial charge in [-0.1, -0.05) is 78.9 Å². The van der Waals surface area contributed by atoms with Crippen LogP contribution >= 0.6 is 11.3 Å². The van der Waals surface area contributed by atoms with Crippen molar-refractivity contribution >= 4 is 17.2 Å². The van der Waals surface area contributed by atoms with Gasteiger partial charge in [-0.3, -0.25) is 4.79 Å². The molecule has 0 saturated carbocycles. The van der Waals surface area contributed by atoms with Crippen molar-refractivity contribution < 1.29 is 4.79 Å². The zero-order valence-electron chi connectivity index (χ0n) is 14.7. The summed E-state index contributed by atoms with van der Waals surface area (Å²) < 4.78 is 2.11. The lowest BCUT2D eigenvalue weighted by Gasteiger charge is -2.09. The molecule has 0 radical (unpaired) electrons. The van der Waals surface area contributed by atoms with Crippen LogP contribution in [0.4, 0.5) is 0 Å². The summed E-state index contributed by atoms with van der Waals surface area (Å²) in [6.45, 7) is 0.662. The molecular weight excluding hydrogens is 352 g/mol. The van der Waals surface area contributed by atoms with Gasteiger partial charge in [0.15, 0.2) is 4.80 Å². The maximum absolute atomic E-state index is 12.6. The maximum Gasteiger partial charge on any atom is 0.279 e. The largest absolute Gasteiger partial charge is 0.312 e. The molecule has 3 aromatic carbocycles. The van der Waals surface area contributed by atoms with Gasteiger partial charge >= 0.3 is 0 Å². The molecule has 0 saturated heterocycles. The van der Waals surface area contributed by atoms with Crippen LogP contribution in [0.1, 0.15) is 15.9 Å². The van der Waals surface area contributed by atoms with E-state index in [-0.39, 0.29) is 5.91 Å². The molecule has 0 N–H and O–H groups in total. The lowest BCUT2D eigenvalue weighted by molar-refractivity contribution is 0.0998. The van der Waals surface area contributed by atoms with Gasteiger partial charge in [0.1, 0.15) is 0 Å². The van der Waals surface area contributed by atoms with Crippen LogP contribution in [0.2, 0.25) is 0 Å². The first kappa shape index (κ1) is 17.2. The second kappa shape index (κ2) is 7.98. The molecule has 1 amide bonds. The minimum absolute atomic E-state index is 0.223. The molecule has 0 bridgehead atoms. The average Bonchev–Trinajstić information content (AvgIpc) is 3.12. The zero-order valence-corrected chi connectivity index (χ0v) is 15.5. The number of hydrogen-bond acceptors (Lipinski definition) is 2. The number of hydrogen-bond donors (Lipinski definition) is 0. The number of rotatable bonds is 4. The summed E-state index contributed by atoms with van der Waals surface area (Å²) in [6, 6.07) is 29.6. The van der Waals surface area contributed by atoms with E-state index >= 15 is 0 Å². The van der Waals surface area contributed by atoms with E-state index in [4.69, 9.17) is 0 Å². The van der Waals surface area contributed by atoms with Crippen LogP contribution in [0.3, 0.4) is 0 Å². The Bertz CT molecular complexity index is 1100.